The van der Waals surface area contributed by atoms with Crippen molar-refractivity contribution < 1.29 is 0 Å². The molecule has 0 aromatic rings. The highest BCUT2D eigenvalue weighted by atomic mass is 14.5. The zero-order valence-electron chi connectivity index (χ0n) is 91.1. The summed E-state index contributed by atoms with van der Waals surface area (Å²) in [5, 5.41) is 0. The monoisotopic (exact) mass is 1710 g/mol. The summed E-state index contributed by atoms with van der Waals surface area (Å²) in [5.41, 5.74) is 7.92. The summed E-state index contributed by atoms with van der Waals surface area (Å²) in [6.45, 7) is 58.5. The highest BCUT2D eigenvalue weighted by molar-refractivity contribution is 4.94. The van der Waals surface area contributed by atoms with Gasteiger partial charge in [0, 0.05) is 0 Å². The quantitative estimate of drug-likeness (QED) is 0.227. The van der Waals surface area contributed by atoms with Crippen molar-refractivity contribution in [1.82, 2.24) is 0 Å². The molecule has 0 radical (unpaired) electrons. The molecular formula is C122H244. The fourth-order valence-corrected chi connectivity index (χ4v) is 25.6. The van der Waals surface area contributed by atoms with Crippen molar-refractivity contribution in [1.29, 1.82) is 0 Å². The van der Waals surface area contributed by atoms with Gasteiger partial charge in [0.25, 0.3) is 0 Å². The third-order valence-electron chi connectivity index (χ3n) is 31.2. The molecular weight excluding hydrogens is 1470 g/mol. The zero-order valence-corrected chi connectivity index (χ0v) is 91.1. The summed E-state index contributed by atoms with van der Waals surface area (Å²) in [6, 6.07) is 0. The smallest absolute Gasteiger partial charge is 0.0297 e. The van der Waals surface area contributed by atoms with Gasteiger partial charge in [-0.25, -0.2) is 0 Å². The molecule has 0 unspecified atom stereocenters. The van der Waals surface area contributed by atoms with Gasteiger partial charge in [-0.3, -0.25) is 0 Å². The summed E-state index contributed by atoms with van der Waals surface area (Å²) in [7, 11) is 0. The third-order valence-corrected chi connectivity index (χ3v) is 31.2. The SMILES string of the molecule is C1CCC2(C1)CCCC2.C1CCC2(C1)CCCC2.C1CCC2(C1)CCCC2.C1CCC2(C1)CCCC2.C1CCC2(CC1)CCCC2.C1CCC2(CC1)CCCC2.C1CCC2(CC1)CCCC2.C1CCC2(CC1)CCCC2.C1CCC2(CC1)CCCC2.CC(C)C.CC(C)C.CC(C)C.CC(C)C.CC(C)C.CC(C)C.CC(C)C.CC(C)C.CC(C)C. The van der Waals surface area contributed by atoms with Crippen LogP contribution in [-0.4, -0.2) is 0 Å². The van der Waals surface area contributed by atoms with E-state index >= 15 is 0 Å². The molecule has 0 aromatic carbocycles. The van der Waals surface area contributed by atoms with E-state index in [0.717, 1.165) is 102 Å². The maximum Gasteiger partial charge on any atom is -0.0297 e. The Hall–Kier alpha value is 0. The third kappa shape index (κ3) is 60.9. The molecule has 0 amide bonds. The minimum atomic E-state index is 0.833. The topological polar surface area (TPSA) is 0 Å². The largest absolute Gasteiger partial charge is 0.0630 e. The first kappa shape index (κ1) is 120. The van der Waals surface area contributed by atoms with E-state index in [-0.39, 0.29) is 0 Å². The molecule has 9 spiro atoms. The van der Waals surface area contributed by atoms with Gasteiger partial charge in [-0.05, 0) is 333 Å². The lowest BCUT2D eigenvalue weighted by Crippen LogP contribution is -2.19. The van der Waals surface area contributed by atoms with E-state index in [1.165, 1.54) is 263 Å². The van der Waals surface area contributed by atoms with Crippen molar-refractivity contribution in [2.24, 2.45) is 102 Å². The molecule has 18 aliphatic carbocycles. The second-order valence-electron chi connectivity index (χ2n) is 52.6. The first-order valence-corrected chi connectivity index (χ1v) is 57.8. The molecule has 122 heavy (non-hydrogen) atoms. The van der Waals surface area contributed by atoms with Crippen molar-refractivity contribution in [2.75, 3.05) is 0 Å². The fraction of sp³-hybridized carbons (Fsp3) is 1.00. The van der Waals surface area contributed by atoms with Crippen molar-refractivity contribution in [3.05, 3.63) is 0 Å². The normalized spacial score (nSPS) is 24.9. The van der Waals surface area contributed by atoms with Crippen LogP contribution in [0.5, 0.6) is 0 Å². The van der Waals surface area contributed by atoms with Crippen LogP contribution in [0.2, 0.25) is 0 Å². The van der Waals surface area contributed by atoms with Gasteiger partial charge in [0.1, 0.15) is 0 Å². The lowest BCUT2D eigenvalue weighted by molar-refractivity contribution is 0.197. The van der Waals surface area contributed by atoms with E-state index in [2.05, 4.69) is 187 Å². The van der Waals surface area contributed by atoms with Crippen LogP contribution in [0, 0.1) is 102 Å². The zero-order chi connectivity index (χ0) is 91.1. The summed E-state index contributed by atoms with van der Waals surface area (Å²) < 4.78 is 0. The second-order valence-corrected chi connectivity index (χ2v) is 52.6. The highest BCUT2D eigenvalue weighted by Crippen LogP contribution is 2.56. The van der Waals surface area contributed by atoms with Gasteiger partial charge >= 0.3 is 0 Å². The molecule has 0 bridgehead atoms. The van der Waals surface area contributed by atoms with Crippen LogP contribution in [0.3, 0.4) is 0 Å². The minimum Gasteiger partial charge on any atom is -0.0630 e. The van der Waals surface area contributed by atoms with Gasteiger partial charge in [-0.1, -0.05) is 450 Å². The number of hydrogen-bond acceptors (Lipinski definition) is 0. The fourth-order valence-electron chi connectivity index (χ4n) is 25.6. The van der Waals surface area contributed by atoms with E-state index in [9.17, 15) is 0 Å². The minimum absolute atomic E-state index is 0.833. The molecule has 0 heterocycles. The van der Waals surface area contributed by atoms with Crippen LogP contribution >= 0.6 is 0 Å². The second kappa shape index (κ2) is 69.8. The summed E-state index contributed by atoms with van der Waals surface area (Å²) in [4.78, 5) is 0. The Labute approximate surface area is 778 Å². The molecule has 18 aliphatic rings. The van der Waals surface area contributed by atoms with Crippen LogP contribution in [0.4, 0.5) is 0 Å². The summed E-state index contributed by atoms with van der Waals surface area (Å²) in [5.74, 6) is 7.50. The Morgan fingerprint density at radius 2 is 0.107 bits per heavy atom. The van der Waals surface area contributed by atoms with Crippen LogP contribution < -0.4 is 0 Å². The van der Waals surface area contributed by atoms with Crippen LogP contribution in [0.1, 0.15) is 681 Å². The van der Waals surface area contributed by atoms with Gasteiger partial charge in [0.05, 0.1) is 0 Å². The Morgan fingerprint density at radius 3 is 0.148 bits per heavy atom. The number of hydrogen-bond donors (Lipinski definition) is 0. The molecule has 18 rings (SSSR count). The summed E-state index contributed by atoms with van der Waals surface area (Å²) in [6.07, 6.45) is 119. The van der Waals surface area contributed by atoms with E-state index in [0.29, 0.717) is 0 Å². The average molecular weight is 1710 g/mol. The highest BCUT2D eigenvalue weighted by Gasteiger charge is 2.42. The van der Waals surface area contributed by atoms with Gasteiger partial charge in [-0.15, -0.1) is 0 Å². The molecule has 0 saturated heterocycles. The molecule has 0 heteroatoms. The lowest BCUT2D eigenvalue weighted by Gasteiger charge is -2.32. The predicted molar refractivity (Wildman–Crippen MR) is 562 cm³/mol. The molecule has 0 aromatic heterocycles. The van der Waals surface area contributed by atoms with Gasteiger partial charge in [0.2, 0.25) is 0 Å². The first-order valence-electron chi connectivity index (χ1n) is 57.8. The Kier molecular flexibility index (Phi) is 68.7. The van der Waals surface area contributed by atoms with E-state index < -0.39 is 0 Å². The standard InChI is InChI=1S/5C10H18.4C9H16.9C4H10/c5*1-2-6-10(7-3-1)8-4-5-9-10;4*1-2-6-9(5-1)7-3-4-8-9;9*1-4(2)3/h5*1-9H2;4*1-8H2;9*4H,1-3H3. The van der Waals surface area contributed by atoms with Crippen molar-refractivity contribution in [3.63, 3.8) is 0 Å². The maximum atomic E-state index is 2.17. The molecule has 0 atom stereocenters. The lowest BCUT2D eigenvalue weighted by atomic mass is 9.73. The molecule has 18 fully saturated rings. The van der Waals surface area contributed by atoms with Crippen molar-refractivity contribution >= 4 is 0 Å². The van der Waals surface area contributed by atoms with Crippen molar-refractivity contribution in [2.45, 2.75) is 681 Å². The van der Waals surface area contributed by atoms with Crippen molar-refractivity contribution in [3.8, 4) is 0 Å². The van der Waals surface area contributed by atoms with Crippen LogP contribution in [-0.2, 0) is 0 Å². The molecule has 18 saturated carbocycles. The number of rotatable bonds is 0. The summed E-state index contributed by atoms with van der Waals surface area (Å²) >= 11 is 0. The van der Waals surface area contributed by atoms with Gasteiger partial charge < -0.3 is 0 Å². The Morgan fingerprint density at radius 1 is 0.0738 bits per heavy atom. The van der Waals surface area contributed by atoms with Gasteiger partial charge in [0.15, 0.2) is 0 Å². The Balaban J connectivity index is 0.000000655. The molecule has 732 valence electrons. The van der Waals surface area contributed by atoms with E-state index in [4.69, 9.17) is 0 Å². The van der Waals surface area contributed by atoms with Gasteiger partial charge in [-0.2, -0.15) is 0 Å². The van der Waals surface area contributed by atoms with E-state index in [1.54, 1.807) is 231 Å². The van der Waals surface area contributed by atoms with Crippen LogP contribution in [0.15, 0.2) is 0 Å². The maximum absolute atomic E-state index is 2.17. The van der Waals surface area contributed by atoms with E-state index in [1.807, 2.05) is 0 Å². The predicted octanol–water partition coefficient (Wildman–Crippen LogP) is 45.0. The molecule has 0 aliphatic heterocycles. The van der Waals surface area contributed by atoms with Crippen LogP contribution in [0.25, 0.3) is 0 Å². The first-order chi connectivity index (χ1) is 57.8. The molecule has 0 N–H and O–H groups in total. The average Bonchev–Trinajstić information content (AvgIpc) is 1.70. The Bertz CT molecular complexity index is 1690. The molecule has 0 nitrogen and oxygen atoms in total.